The van der Waals surface area contributed by atoms with Gasteiger partial charge in [0.2, 0.25) is 5.91 Å². The molecule has 0 spiro atoms. The van der Waals surface area contributed by atoms with Crippen LogP contribution in [0, 0.1) is 19.7 Å². The molecule has 1 amide bonds. The number of amides is 1. The first-order chi connectivity index (χ1) is 14.8. The summed E-state index contributed by atoms with van der Waals surface area (Å²) in [5.41, 5.74) is 1.32. The van der Waals surface area contributed by atoms with E-state index in [9.17, 15) is 18.8 Å². The van der Waals surface area contributed by atoms with Gasteiger partial charge in [0.25, 0.3) is 5.56 Å². The molecule has 0 aliphatic heterocycles. The van der Waals surface area contributed by atoms with E-state index in [4.69, 9.17) is 11.6 Å². The van der Waals surface area contributed by atoms with Crippen molar-refractivity contribution in [2.24, 2.45) is 0 Å². The van der Waals surface area contributed by atoms with Gasteiger partial charge in [0.15, 0.2) is 0 Å². The highest BCUT2D eigenvalue weighted by Crippen LogP contribution is 2.20. The van der Waals surface area contributed by atoms with Crippen LogP contribution >= 0.6 is 22.9 Å². The highest BCUT2D eigenvalue weighted by atomic mass is 35.5. The molecule has 0 saturated carbocycles. The van der Waals surface area contributed by atoms with Gasteiger partial charge < -0.3 is 5.32 Å². The van der Waals surface area contributed by atoms with Crippen LogP contribution in [0.1, 0.15) is 11.1 Å². The van der Waals surface area contributed by atoms with Crippen molar-refractivity contribution in [2.75, 3.05) is 5.32 Å². The molecule has 2 heterocycles. The third-order valence-corrected chi connectivity index (χ3v) is 5.99. The van der Waals surface area contributed by atoms with Crippen molar-refractivity contribution in [1.82, 2.24) is 9.13 Å². The monoisotopic (exact) mass is 457 g/mol. The molecule has 1 N–H and O–H groups in total. The fourth-order valence-corrected chi connectivity index (χ4v) is 4.32. The lowest BCUT2D eigenvalue weighted by Gasteiger charge is -2.14. The molecular weight excluding hydrogens is 441 g/mol. The Morgan fingerprint density at radius 3 is 2.65 bits per heavy atom. The topological polar surface area (TPSA) is 73.1 Å². The normalized spacial score (nSPS) is 11.1. The number of nitrogens with zero attached hydrogens (tertiary/aromatic N) is 2. The second-order valence-corrected chi connectivity index (χ2v) is 8.46. The number of carbonyl (C=O) groups is 1. The molecule has 0 radical (unpaired) electrons. The molecule has 2 aromatic heterocycles. The lowest BCUT2D eigenvalue weighted by Crippen LogP contribution is -2.40. The van der Waals surface area contributed by atoms with Gasteiger partial charge in [-0.2, -0.15) is 0 Å². The van der Waals surface area contributed by atoms with Gasteiger partial charge in [0.1, 0.15) is 17.1 Å². The molecule has 2 aromatic carbocycles. The Morgan fingerprint density at radius 2 is 1.90 bits per heavy atom. The Balaban J connectivity index is 1.82. The third kappa shape index (κ3) is 3.92. The number of thiophene rings is 1. The van der Waals surface area contributed by atoms with E-state index < -0.39 is 23.0 Å². The van der Waals surface area contributed by atoms with E-state index in [-0.39, 0.29) is 17.3 Å². The summed E-state index contributed by atoms with van der Waals surface area (Å²) in [6.45, 7) is 3.28. The number of rotatable bonds is 4. The first kappa shape index (κ1) is 21.0. The number of hydrogen-bond donors (Lipinski definition) is 1. The number of aromatic nitrogens is 2. The van der Waals surface area contributed by atoms with Crippen molar-refractivity contribution in [3.63, 3.8) is 0 Å². The number of fused-ring (bicyclic) bond motifs is 1. The highest BCUT2D eigenvalue weighted by molar-refractivity contribution is 7.17. The van der Waals surface area contributed by atoms with Gasteiger partial charge in [-0.1, -0.05) is 23.7 Å². The van der Waals surface area contributed by atoms with Gasteiger partial charge in [-0.3, -0.25) is 14.2 Å². The average Bonchev–Trinajstić information content (AvgIpc) is 3.20. The minimum absolute atomic E-state index is 0.0492. The minimum atomic E-state index is -0.686. The molecule has 0 atom stereocenters. The van der Waals surface area contributed by atoms with Crippen molar-refractivity contribution in [3.05, 3.63) is 90.6 Å². The van der Waals surface area contributed by atoms with Gasteiger partial charge in [-0.25, -0.2) is 13.8 Å². The van der Waals surface area contributed by atoms with Gasteiger partial charge in [-0.05, 0) is 60.7 Å². The predicted octanol–water partition coefficient (Wildman–Crippen LogP) is 4.26. The number of aryl methyl sites for hydroxylation is 2. The molecular formula is C22H17ClFN3O3S. The second-order valence-electron chi connectivity index (χ2n) is 7.11. The zero-order valence-corrected chi connectivity index (χ0v) is 18.2. The lowest BCUT2D eigenvalue weighted by molar-refractivity contribution is -0.116. The molecule has 0 unspecified atom stereocenters. The van der Waals surface area contributed by atoms with Gasteiger partial charge >= 0.3 is 5.69 Å². The maximum Gasteiger partial charge on any atom is 0.336 e. The summed E-state index contributed by atoms with van der Waals surface area (Å²) in [6, 6.07) is 11.0. The van der Waals surface area contributed by atoms with Crippen LogP contribution in [0.5, 0.6) is 0 Å². The maximum absolute atomic E-state index is 14.0. The van der Waals surface area contributed by atoms with Gasteiger partial charge in [0, 0.05) is 5.02 Å². The molecule has 0 fully saturated rings. The number of halogens is 2. The van der Waals surface area contributed by atoms with E-state index in [1.807, 2.05) is 19.1 Å². The Labute approximate surface area is 185 Å². The van der Waals surface area contributed by atoms with Gasteiger partial charge in [-0.15, -0.1) is 11.3 Å². The summed E-state index contributed by atoms with van der Waals surface area (Å²) in [5.74, 6) is -1.30. The molecule has 6 nitrogen and oxygen atoms in total. The summed E-state index contributed by atoms with van der Waals surface area (Å²) in [6.07, 6.45) is 0. The summed E-state index contributed by atoms with van der Waals surface area (Å²) in [4.78, 5) is 39.0. The summed E-state index contributed by atoms with van der Waals surface area (Å²) < 4.78 is 16.7. The smallest absolute Gasteiger partial charge is 0.322 e. The summed E-state index contributed by atoms with van der Waals surface area (Å²) in [5, 5.41) is 4.34. The Kier molecular flexibility index (Phi) is 5.51. The molecule has 158 valence electrons. The summed E-state index contributed by atoms with van der Waals surface area (Å²) in [7, 11) is 0. The molecule has 0 bridgehead atoms. The van der Waals surface area contributed by atoms with Crippen LogP contribution in [0.25, 0.3) is 15.9 Å². The molecule has 31 heavy (non-hydrogen) atoms. The highest BCUT2D eigenvalue weighted by Gasteiger charge is 2.19. The van der Waals surface area contributed by atoms with Crippen LogP contribution in [0.2, 0.25) is 5.02 Å². The zero-order chi connectivity index (χ0) is 22.3. The third-order valence-electron chi connectivity index (χ3n) is 4.87. The van der Waals surface area contributed by atoms with Crippen molar-refractivity contribution in [1.29, 1.82) is 0 Å². The Hall–Kier alpha value is -3.23. The minimum Gasteiger partial charge on any atom is -0.322 e. The van der Waals surface area contributed by atoms with Crippen molar-refractivity contribution < 1.29 is 9.18 Å². The number of hydrogen-bond acceptors (Lipinski definition) is 4. The molecule has 4 rings (SSSR count). The lowest BCUT2D eigenvalue weighted by atomic mass is 10.1. The Morgan fingerprint density at radius 1 is 1.13 bits per heavy atom. The number of anilines is 1. The van der Waals surface area contributed by atoms with Crippen molar-refractivity contribution in [2.45, 2.75) is 20.4 Å². The SMILES string of the molecule is Cc1ccc(C)c(-n2c(=O)c3sccc3n(CC(=O)Nc3ccc(Cl)cc3F)c2=O)c1. The first-order valence-corrected chi connectivity index (χ1v) is 10.6. The standard InChI is InChI=1S/C22H17ClFN3O3S/c1-12-3-4-13(2)18(9-12)27-21(29)20-17(7-8-31-20)26(22(27)30)11-19(28)25-16-6-5-14(23)10-15(16)24/h3-10H,11H2,1-2H3,(H,25,28). The van der Waals surface area contributed by atoms with E-state index >= 15 is 0 Å². The first-order valence-electron chi connectivity index (χ1n) is 9.32. The molecule has 0 aliphatic carbocycles. The second kappa shape index (κ2) is 8.13. The maximum atomic E-state index is 14.0. The fourth-order valence-electron chi connectivity index (χ4n) is 3.34. The zero-order valence-electron chi connectivity index (χ0n) is 16.6. The van der Waals surface area contributed by atoms with Crippen LogP contribution in [0.4, 0.5) is 10.1 Å². The van der Waals surface area contributed by atoms with E-state index in [0.29, 0.717) is 15.9 Å². The van der Waals surface area contributed by atoms with E-state index in [1.54, 1.807) is 24.4 Å². The average molecular weight is 458 g/mol. The number of benzene rings is 2. The predicted molar refractivity (Wildman–Crippen MR) is 121 cm³/mol. The van der Waals surface area contributed by atoms with E-state index in [2.05, 4.69) is 5.32 Å². The molecule has 4 aromatic rings. The van der Waals surface area contributed by atoms with Gasteiger partial charge in [0.05, 0.1) is 16.9 Å². The van der Waals surface area contributed by atoms with Crippen molar-refractivity contribution >= 4 is 44.7 Å². The fraction of sp³-hybridized carbons (Fsp3) is 0.136. The Bertz CT molecular complexity index is 1450. The van der Waals surface area contributed by atoms with E-state index in [1.165, 1.54) is 28.0 Å². The number of carbonyl (C=O) groups excluding carboxylic acids is 1. The van der Waals surface area contributed by atoms with E-state index in [0.717, 1.165) is 21.8 Å². The summed E-state index contributed by atoms with van der Waals surface area (Å²) >= 11 is 6.93. The van der Waals surface area contributed by atoms with Crippen LogP contribution in [0.15, 0.2) is 57.4 Å². The molecule has 0 aliphatic rings. The molecule has 9 heteroatoms. The van der Waals surface area contributed by atoms with Crippen LogP contribution < -0.4 is 16.6 Å². The number of nitrogens with one attached hydrogen (secondary N) is 1. The van der Waals surface area contributed by atoms with Crippen LogP contribution in [-0.2, 0) is 11.3 Å². The quantitative estimate of drug-likeness (QED) is 0.497. The molecule has 0 saturated heterocycles. The van der Waals surface area contributed by atoms with Crippen molar-refractivity contribution in [3.8, 4) is 5.69 Å². The van der Waals surface area contributed by atoms with Crippen LogP contribution in [0.3, 0.4) is 0 Å². The van der Waals surface area contributed by atoms with Crippen LogP contribution in [-0.4, -0.2) is 15.0 Å². The largest absolute Gasteiger partial charge is 0.336 e.